The van der Waals surface area contributed by atoms with E-state index < -0.39 is 0 Å². The normalized spacial score (nSPS) is 17.4. The quantitative estimate of drug-likeness (QED) is 0.620. The van der Waals surface area contributed by atoms with Crippen LogP contribution in [0, 0.1) is 0 Å². The highest BCUT2D eigenvalue weighted by molar-refractivity contribution is 6.33. The molecule has 1 unspecified atom stereocenters. The van der Waals surface area contributed by atoms with Gasteiger partial charge in [-0.1, -0.05) is 23.2 Å². The molecule has 1 aromatic heterocycles. The number of fused-ring (bicyclic) bond motifs is 3. The van der Waals surface area contributed by atoms with Crippen molar-refractivity contribution in [2.75, 3.05) is 32.7 Å². The third-order valence-corrected chi connectivity index (χ3v) is 5.58. The minimum absolute atomic E-state index is 0.377. The van der Waals surface area contributed by atoms with E-state index in [1.54, 1.807) is 0 Å². The predicted molar refractivity (Wildman–Crippen MR) is 103 cm³/mol. The van der Waals surface area contributed by atoms with Crippen molar-refractivity contribution in [2.45, 2.75) is 12.6 Å². The molecule has 4 rings (SSSR count). The summed E-state index contributed by atoms with van der Waals surface area (Å²) in [5.74, 6) is 0. The summed E-state index contributed by atoms with van der Waals surface area (Å²) in [6, 6.07) is 11.8. The summed E-state index contributed by atoms with van der Waals surface area (Å²) in [4.78, 5) is 1.49. The van der Waals surface area contributed by atoms with Gasteiger partial charge in [0.2, 0.25) is 0 Å². The largest absolute Gasteiger partial charge is 0.385 e. The number of nitrogens with zero attached hydrogens (tertiary/aromatic N) is 1. The Morgan fingerprint density at radius 1 is 1.00 bits per heavy atom. The maximum Gasteiger partial charge on any atom is 0.127 e. The Morgan fingerprint density at radius 3 is 2.12 bits per heavy atom. The molecular formula is C19H23Cl2N3O+2. The van der Waals surface area contributed by atoms with Gasteiger partial charge in [0.25, 0.3) is 0 Å². The number of aliphatic hydroxyl groups is 1. The number of hydrogen-bond acceptors (Lipinski definition) is 1. The SMILES string of the molecule is OC(Cn1c2ccc(Cl)cc2c2cc(Cl)ccc21)C[NH+]1CC[NH2+]CC1. The van der Waals surface area contributed by atoms with Crippen molar-refractivity contribution in [1.29, 1.82) is 0 Å². The highest BCUT2D eigenvalue weighted by Crippen LogP contribution is 2.32. The maximum atomic E-state index is 10.7. The molecule has 0 bridgehead atoms. The van der Waals surface area contributed by atoms with Crippen LogP contribution in [-0.2, 0) is 6.54 Å². The van der Waals surface area contributed by atoms with Crippen molar-refractivity contribution in [3.05, 3.63) is 46.4 Å². The summed E-state index contributed by atoms with van der Waals surface area (Å²) in [7, 11) is 0. The molecule has 1 fully saturated rings. The zero-order valence-electron chi connectivity index (χ0n) is 14.0. The topological polar surface area (TPSA) is 46.2 Å². The van der Waals surface area contributed by atoms with E-state index in [4.69, 9.17) is 23.2 Å². The minimum Gasteiger partial charge on any atom is -0.385 e. The molecule has 2 aromatic carbocycles. The Bertz CT molecular complexity index is 843. The Morgan fingerprint density at radius 2 is 1.56 bits per heavy atom. The molecule has 0 radical (unpaired) electrons. The first kappa shape index (κ1) is 17.1. The second-order valence-electron chi connectivity index (χ2n) is 6.91. The second-order valence-corrected chi connectivity index (χ2v) is 7.78. The second kappa shape index (κ2) is 7.14. The fourth-order valence-corrected chi connectivity index (χ4v) is 4.28. The molecule has 25 heavy (non-hydrogen) atoms. The lowest BCUT2D eigenvalue weighted by Gasteiger charge is -2.25. The van der Waals surface area contributed by atoms with Gasteiger partial charge in [-0.3, -0.25) is 0 Å². The minimum atomic E-state index is -0.377. The summed E-state index contributed by atoms with van der Waals surface area (Å²) in [6.07, 6.45) is -0.377. The number of hydrogen-bond donors (Lipinski definition) is 3. The number of halogens is 2. The van der Waals surface area contributed by atoms with Crippen LogP contribution < -0.4 is 10.2 Å². The number of piperazine rings is 1. The van der Waals surface area contributed by atoms with Crippen molar-refractivity contribution >= 4 is 45.0 Å². The molecule has 4 N–H and O–H groups in total. The highest BCUT2D eigenvalue weighted by atomic mass is 35.5. The number of nitrogens with one attached hydrogen (secondary N) is 1. The summed E-state index contributed by atoms with van der Waals surface area (Å²) in [5.41, 5.74) is 2.17. The molecule has 0 spiro atoms. The van der Waals surface area contributed by atoms with Crippen LogP contribution in [0.1, 0.15) is 0 Å². The average Bonchev–Trinajstić information content (AvgIpc) is 2.88. The van der Waals surface area contributed by atoms with Crippen molar-refractivity contribution in [1.82, 2.24) is 4.57 Å². The van der Waals surface area contributed by atoms with E-state index in [1.807, 2.05) is 36.4 Å². The molecule has 0 saturated carbocycles. The molecular weight excluding hydrogens is 357 g/mol. The lowest BCUT2D eigenvalue weighted by molar-refractivity contribution is -0.949. The van der Waals surface area contributed by atoms with Gasteiger partial charge < -0.3 is 19.9 Å². The van der Waals surface area contributed by atoms with Crippen molar-refractivity contribution in [3.8, 4) is 0 Å². The van der Waals surface area contributed by atoms with E-state index in [0.717, 1.165) is 54.5 Å². The van der Waals surface area contributed by atoms with Crippen LogP contribution >= 0.6 is 23.2 Å². The van der Waals surface area contributed by atoms with Gasteiger partial charge in [0.1, 0.15) is 38.8 Å². The fourth-order valence-electron chi connectivity index (χ4n) is 3.94. The zero-order chi connectivity index (χ0) is 17.4. The Kier molecular flexibility index (Phi) is 4.89. The molecule has 1 aliphatic rings. The van der Waals surface area contributed by atoms with Crippen LogP contribution in [-0.4, -0.2) is 48.5 Å². The van der Waals surface area contributed by atoms with E-state index in [2.05, 4.69) is 9.88 Å². The molecule has 3 aromatic rings. The molecule has 1 aliphatic heterocycles. The highest BCUT2D eigenvalue weighted by Gasteiger charge is 2.21. The van der Waals surface area contributed by atoms with Crippen LogP contribution in [0.25, 0.3) is 21.8 Å². The number of aliphatic hydroxyl groups excluding tert-OH is 1. The summed E-state index contributed by atoms with van der Waals surface area (Å²) in [6.45, 7) is 5.90. The van der Waals surface area contributed by atoms with Crippen LogP contribution in [0.4, 0.5) is 0 Å². The van der Waals surface area contributed by atoms with Gasteiger partial charge in [0.15, 0.2) is 0 Å². The monoisotopic (exact) mass is 379 g/mol. The Hall–Kier alpha value is -1.30. The lowest BCUT2D eigenvalue weighted by atomic mass is 10.1. The van der Waals surface area contributed by atoms with Gasteiger partial charge in [-0.2, -0.15) is 0 Å². The van der Waals surface area contributed by atoms with Gasteiger partial charge in [-0.05, 0) is 36.4 Å². The van der Waals surface area contributed by atoms with Crippen LogP contribution in [0.5, 0.6) is 0 Å². The van der Waals surface area contributed by atoms with Gasteiger partial charge in [0, 0.05) is 31.9 Å². The van der Waals surface area contributed by atoms with Crippen molar-refractivity contribution in [3.63, 3.8) is 0 Å². The molecule has 0 amide bonds. The predicted octanol–water partition coefficient (Wildman–Crippen LogP) is 0.924. The van der Waals surface area contributed by atoms with Gasteiger partial charge >= 0.3 is 0 Å². The molecule has 0 aliphatic carbocycles. The van der Waals surface area contributed by atoms with Gasteiger partial charge in [0.05, 0.1) is 6.54 Å². The van der Waals surface area contributed by atoms with Crippen molar-refractivity contribution in [2.24, 2.45) is 0 Å². The summed E-state index contributed by atoms with van der Waals surface area (Å²) in [5, 5.41) is 16.6. The molecule has 2 heterocycles. The number of benzene rings is 2. The van der Waals surface area contributed by atoms with Crippen molar-refractivity contribution < 1.29 is 15.3 Å². The van der Waals surface area contributed by atoms with Crippen LogP contribution in [0.3, 0.4) is 0 Å². The molecule has 6 heteroatoms. The first-order chi connectivity index (χ1) is 12.1. The van der Waals surface area contributed by atoms with Gasteiger partial charge in [-0.15, -0.1) is 0 Å². The molecule has 132 valence electrons. The third kappa shape index (κ3) is 3.50. The number of nitrogens with two attached hydrogens (primary N) is 1. The smallest absolute Gasteiger partial charge is 0.127 e. The molecule has 4 nitrogen and oxygen atoms in total. The molecule has 1 saturated heterocycles. The lowest BCUT2D eigenvalue weighted by Crippen LogP contribution is -3.21. The summed E-state index contributed by atoms with van der Waals surface area (Å²) < 4.78 is 2.19. The summed E-state index contributed by atoms with van der Waals surface area (Å²) >= 11 is 12.4. The average molecular weight is 380 g/mol. The van der Waals surface area contributed by atoms with E-state index >= 15 is 0 Å². The standard InChI is InChI=1S/C19H21Cl2N3O/c20-13-1-3-18-16(9-13)17-10-14(21)2-4-19(17)24(18)12-15(25)11-23-7-5-22-6-8-23/h1-4,9-10,15,22,25H,5-8,11-12H2/p+2. The number of quaternary nitrogens is 2. The van der Waals surface area contributed by atoms with E-state index in [1.165, 1.54) is 4.90 Å². The van der Waals surface area contributed by atoms with Gasteiger partial charge in [-0.25, -0.2) is 0 Å². The Labute approximate surface area is 156 Å². The Balaban J connectivity index is 1.69. The van der Waals surface area contributed by atoms with E-state index in [-0.39, 0.29) is 6.10 Å². The third-order valence-electron chi connectivity index (χ3n) is 5.11. The first-order valence-electron chi connectivity index (χ1n) is 8.82. The zero-order valence-corrected chi connectivity index (χ0v) is 15.5. The maximum absolute atomic E-state index is 10.7. The molecule has 1 atom stereocenters. The van der Waals surface area contributed by atoms with E-state index in [0.29, 0.717) is 16.6 Å². The number of aromatic nitrogens is 1. The van der Waals surface area contributed by atoms with Crippen LogP contribution in [0.15, 0.2) is 36.4 Å². The first-order valence-corrected chi connectivity index (χ1v) is 9.58. The fraction of sp³-hybridized carbons (Fsp3) is 0.368. The number of rotatable bonds is 4. The van der Waals surface area contributed by atoms with E-state index in [9.17, 15) is 5.11 Å². The van der Waals surface area contributed by atoms with Crippen LogP contribution in [0.2, 0.25) is 10.0 Å².